The lowest BCUT2D eigenvalue weighted by Gasteiger charge is -2.07. The molecule has 1 aromatic heterocycles. The van der Waals surface area contributed by atoms with E-state index in [0.29, 0.717) is 21.7 Å². The fraction of sp³-hybridized carbons (Fsp3) is 0.0526. The van der Waals surface area contributed by atoms with Gasteiger partial charge in [0.2, 0.25) is 0 Å². The zero-order valence-electron chi connectivity index (χ0n) is 13.1. The zero-order valence-corrected chi connectivity index (χ0v) is 13.9. The lowest BCUT2D eigenvalue weighted by Crippen LogP contribution is -2.10. The van der Waals surface area contributed by atoms with Crippen LogP contribution < -0.4 is 5.32 Å². The smallest absolute Gasteiger partial charge is 0.338 e. The molecule has 0 unspecified atom stereocenters. The Hall–Kier alpha value is -2.99. The van der Waals surface area contributed by atoms with Gasteiger partial charge in [0.1, 0.15) is 12.4 Å². The molecule has 0 aliphatic rings. The van der Waals surface area contributed by atoms with Gasteiger partial charge < -0.3 is 10.1 Å². The highest BCUT2D eigenvalue weighted by Crippen LogP contribution is 2.15. The molecule has 0 aliphatic heterocycles. The average Bonchev–Trinajstić information content (AvgIpc) is 3.16. The summed E-state index contributed by atoms with van der Waals surface area (Å²) in [6, 6.07) is 16.0. The average molecular weight is 355 g/mol. The summed E-state index contributed by atoms with van der Waals surface area (Å²) in [4.78, 5) is 24.6. The minimum Gasteiger partial charge on any atom is -0.457 e. The van der Waals surface area contributed by atoms with Crippen LogP contribution in [-0.2, 0) is 11.3 Å². The largest absolute Gasteiger partial charge is 0.457 e. The van der Waals surface area contributed by atoms with E-state index in [0.717, 1.165) is 0 Å². The number of carbonyl (C=O) groups excluding carboxylic acids is 2. The number of benzene rings is 2. The highest BCUT2D eigenvalue weighted by atomic mass is 32.1. The summed E-state index contributed by atoms with van der Waals surface area (Å²) in [5, 5.41) is 4.57. The molecule has 3 rings (SSSR count). The van der Waals surface area contributed by atoms with Crippen LogP contribution in [-0.4, -0.2) is 11.9 Å². The molecular formula is C19H14FNO3S. The third kappa shape index (κ3) is 4.30. The van der Waals surface area contributed by atoms with Gasteiger partial charge in [-0.3, -0.25) is 4.79 Å². The highest BCUT2D eigenvalue weighted by Gasteiger charge is 2.11. The van der Waals surface area contributed by atoms with Crippen molar-refractivity contribution in [2.24, 2.45) is 0 Å². The standard InChI is InChI=1S/C19H14FNO3S/c20-16-5-2-1-4-14(16)12-24-19(23)13-7-9-15(10-8-13)21-18(22)17-6-3-11-25-17/h1-11H,12H2,(H,21,22). The van der Waals surface area contributed by atoms with Gasteiger partial charge in [-0.1, -0.05) is 24.3 Å². The monoisotopic (exact) mass is 355 g/mol. The van der Waals surface area contributed by atoms with E-state index >= 15 is 0 Å². The number of hydrogen-bond acceptors (Lipinski definition) is 4. The summed E-state index contributed by atoms with van der Waals surface area (Å²) in [5.74, 6) is -1.17. The molecule has 0 saturated carbocycles. The van der Waals surface area contributed by atoms with Crippen molar-refractivity contribution in [3.63, 3.8) is 0 Å². The van der Waals surface area contributed by atoms with E-state index in [4.69, 9.17) is 4.74 Å². The van der Waals surface area contributed by atoms with E-state index in [9.17, 15) is 14.0 Å². The predicted molar refractivity (Wildman–Crippen MR) is 94.2 cm³/mol. The van der Waals surface area contributed by atoms with Gasteiger partial charge in [0.25, 0.3) is 5.91 Å². The first-order chi connectivity index (χ1) is 12.1. The van der Waals surface area contributed by atoms with Crippen molar-refractivity contribution in [1.29, 1.82) is 0 Å². The van der Waals surface area contributed by atoms with Crippen LogP contribution in [0.1, 0.15) is 25.6 Å². The van der Waals surface area contributed by atoms with E-state index in [1.165, 1.54) is 17.4 Å². The van der Waals surface area contributed by atoms with Crippen molar-refractivity contribution in [3.8, 4) is 0 Å². The summed E-state index contributed by atoms with van der Waals surface area (Å²) in [7, 11) is 0. The first-order valence-electron chi connectivity index (χ1n) is 7.49. The molecule has 6 heteroatoms. The highest BCUT2D eigenvalue weighted by molar-refractivity contribution is 7.12. The van der Waals surface area contributed by atoms with Gasteiger partial charge in [-0.25, -0.2) is 9.18 Å². The molecule has 126 valence electrons. The van der Waals surface area contributed by atoms with Crippen molar-refractivity contribution in [3.05, 3.63) is 87.9 Å². The molecule has 2 aromatic carbocycles. The number of hydrogen-bond donors (Lipinski definition) is 1. The lowest BCUT2D eigenvalue weighted by atomic mass is 10.2. The van der Waals surface area contributed by atoms with Crippen molar-refractivity contribution in [2.45, 2.75) is 6.61 Å². The molecule has 0 aliphatic carbocycles. The minimum atomic E-state index is -0.556. The van der Waals surface area contributed by atoms with Crippen LogP contribution >= 0.6 is 11.3 Å². The second kappa shape index (κ2) is 7.72. The van der Waals surface area contributed by atoms with Gasteiger partial charge in [-0.15, -0.1) is 11.3 Å². The van der Waals surface area contributed by atoms with E-state index in [1.54, 1.807) is 54.6 Å². The number of halogens is 1. The van der Waals surface area contributed by atoms with Gasteiger partial charge in [0.15, 0.2) is 0 Å². The maximum absolute atomic E-state index is 13.5. The molecule has 0 saturated heterocycles. The number of nitrogens with one attached hydrogen (secondary N) is 1. The number of carbonyl (C=O) groups is 2. The molecule has 1 heterocycles. The molecule has 1 N–H and O–H groups in total. The number of thiophene rings is 1. The SMILES string of the molecule is O=C(OCc1ccccc1F)c1ccc(NC(=O)c2cccs2)cc1. The molecule has 3 aromatic rings. The molecule has 0 bridgehead atoms. The normalized spacial score (nSPS) is 10.3. The van der Waals surface area contributed by atoms with Crippen LogP contribution in [0.3, 0.4) is 0 Å². The molecular weight excluding hydrogens is 341 g/mol. The Morgan fingerprint density at radius 3 is 2.44 bits per heavy atom. The van der Waals surface area contributed by atoms with Crippen molar-refractivity contribution >= 4 is 28.9 Å². The van der Waals surface area contributed by atoms with E-state index in [-0.39, 0.29) is 12.5 Å². The predicted octanol–water partition coefficient (Wildman–Crippen LogP) is 4.50. The summed E-state index contributed by atoms with van der Waals surface area (Å²) < 4.78 is 18.6. The molecule has 0 atom stereocenters. The van der Waals surface area contributed by atoms with Crippen LogP contribution in [0.15, 0.2) is 66.0 Å². The Morgan fingerprint density at radius 2 is 1.76 bits per heavy atom. The van der Waals surface area contributed by atoms with E-state index in [2.05, 4.69) is 5.32 Å². The van der Waals surface area contributed by atoms with Gasteiger partial charge in [0, 0.05) is 11.3 Å². The first-order valence-corrected chi connectivity index (χ1v) is 8.37. The Kier molecular flexibility index (Phi) is 5.20. The maximum Gasteiger partial charge on any atom is 0.338 e. The third-order valence-electron chi connectivity index (χ3n) is 3.44. The van der Waals surface area contributed by atoms with Crippen LogP contribution in [0.25, 0.3) is 0 Å². The Morgan fingerprint density at radius 1 is 1.00 bits per heavy atom. The fourth-order valence-corrected chi connectivity index (χ4v) is 2.75. The topological polar surface area (TPSA) is 55.4 Å². The van der Waals surface area contributed by atoms with Crippen molar-refractivity contribution in [1.82, 2.24) is 0 Å². The number of esters is 1. The van der Waals surface area contributed by atoms with Gasteiger partial charge in [-0.2, -0.15) is 0 Å². The van der Waals surface area contributed by atoms with Crippen LogP contribution in [0.5, 0.6) is 0 Å². The summed E-state index contributed by atoms with van der Waals surface area (Å²) in [6.45, 7) is -0.137. The fourth-order valence-electron chi connectivity index (χ4n) is 2.13. The molecule has 0 radical (unpaired) electrons. The summed E-state index contributed by atoms with van der Waals surface area (Å²) in [6.07, 6.45) is 0. The van der Waals surface area contributed by atoms with Gasteiger partial charge >= 0.3 is 5.97 Å². The van der Waals surface area contributed by atoms with Crippen molar-refractivity contribution in [2.75, 3.05) is 5.32 Å². The molecule has 1 amide bonds. The number of rotatable bonds is 5. The second-order valence-electron chi connectivity index (χ2n) is 5.18. The van der Waals surface area contributed by atoms with Crippen LogP contribution in [0, 0.1) is 5.82 Å². The Balaban J connectivity index is 1.59. The third-order valence-corrected chi connectivity index (χ3v) is 4.31. The lowest BCUT2D eigenvalue weighted by molar-refractivity contribution is 0.0469. The zero-order chi connectivity index (χ0) is 17.6. The molecule has 0 fully saturated rings. The van der Waals surface area contributed by atoms with Gasteiger partial charge in [0.05, 0.1) is 10.4 Å². The molecule has 25 heavy (non-hydrogen) atoms. The second-order valence-corrected chi connectivity index (χ2v) is 6.12. The minimum absolute atomic E-state index is 0.137. The quantitative estimate of drug-likeness (QED) is 0.686. The number of ether oxygens (including phenoxy) is 1. The summed E-state index contributed by atoms with van der Waals surface area (Å²) in [5.41, 5.74) is 1.21. The van der Waals surface area contributed by atoms with Gasteiger partial charge in [-0.05, 0) is 41.8 Å². The van der Waals surface area contributed by atoms with Crippen molar-refractivity contribution < 1.29 is 18.7 Å². The maximum atomic E-state index is 13.5. The summed E-state index contributed by atoms with van der Waals surface area (Å²) >= 11 is 1.35. The molecule has 4 nitrogen and oxygen atoms in total. The number of amides is 1. The Bertz CT molecular complexity index is 876. The van der Waals surface area contributed by atoms with E-state index in [1.807, 2.05) is 5.38 Å². The van der Waals surface area contributed by atoms with E-state index < -0.39 is 11.8 Å². The van der Waals surface area contributed by atoms with Crippen LogP contribution in [0.4, 0.5) is 10.1 Å². The van der Waals surface area contributed by atoms with Crippen LogP contribution in [0.2, 0.25) is 0 Å². The Labute approximate surface area is 147 Å². The first kappa shape index (κ1) is 16.9. The number of anilines is 1. The molecule has 0 spiro atoms.